The normalized spacial score (nSPS) is 26.3. The van der Waals surface area contributed by atoms with E-state index in [2.05, 4.69) is 0 Å². The van der Waals surface area contributed by atoms with Crippen LogP contribution in [-0.4, -0.2) is 58.1 Å². The Hall–Kier alpha value is -0.750. The van der Waals surface area contributed by atoms with Gasteiger partial charge in [-0.15, -0.1) is 0 Å². The summed E-state index contributed by atoms with van der Waals surface area (Å²) in [6.45, 7) is 1.70. The van der Waals surface area contributed by atoms with Gasteiger partial charge in [-0.2, -0.15) is 0 Å². The summed E-state index contributed by atoms with van der Waals surface area (Å²) >= 11 is 0. The zero-order valence-electron chi connectivity index (χ0n) is 10.4. The van der Waals surface area contributed by atoms with E-state index in [9.17, 15) is 13.8 Å². The maximum Gasteiger partial charge on any atom is 0.235 e. The summed E-state index contributed by atoms with van der Waals surface area (Å²) in [6, 6.07) is 0. The molecular weight excluding hydrogens is 254 g/mol. The highest BCUT2D eigenvalue weighted by Gasteiger charge is 2.24. The predicted molar refractivity (Wildman–Crippen MR) is 67.7 cm³/mol. The zero-order chi connectivity index (χ0) is 13.0. The summed E-state index contributed by atoms with van der Waals surface area (Å²) in [7, 11) is -1.15. The summed E-state index contributed by atoms with van der Waals surface area (Å²) < 4.78 is 17.2. The highest BCUT2D eigenvalue weighted by Crippen LogP contribution is 2.13. The average molecular weight is 273 g/mol. The molecule has 18 heavy (non-hydrogen) atoms. The molecule has 0 bridgehead atoms. The fraction of sp³-hybridized carbons (Fsp3) is 0.833. The molecule has 2 saturated heterocycles. The highest BCUT2D eigenvalue weighted by atomic mass is 32.2. The molecule has 0 N–H and O–H groups in total. The van der Waals surface area contributed by atoms with Gasteiger partial charge in [-0.05, 0) is 12.8 Å². The van der Waals surface area contributed by atoms with E-state index in [1.54, 1.807) is 4.90 Å². The molecule has 2 atom stereocenters. The van der Waals surface area contributed by atoms with Crippen LogP contribution in [0, 0.1) is 0 Å². The number of hydrogen-bond acceptors (Lipinski definition) is 4. The van der Waals surface area contributed by atoms with E-state index < -0.39 is 10.8 Å². The molecule has 2 aliphatic rings. The van der Waals surface area contributed by atoms with E-state index in [0.29, 0.717) is 31.7 Å². The first kappa shape index (κ1) is 13.7. The largest absolute Gasteiger partial charge is 0.377 e. The van der Waals surface area contributed by atoms with Crippen molar-refractivity contribution in [3.8, 4) is 0 Å². The first-order valence-corrected chi connectivity index (χ1v) is 7.90. The van der Waals surface area contributed by atoms with Crippen LogP contribution < -0.4 is 0 Å². The van der Waals surface area contributed by atoms with Crippen LogP contribution in [0.1, 0.15) is 25.7 Å². The molecule has 2 rings (SSSR count). The summed E-state index contributed by atoms with van der Waals surface area (Å²) in [5.41, 5.74) is 0. The molecule has 102 valence electrons. The second-order valence-electron chi connectivity index (χ2n) is 4.81. The number of carbonyl (C=O) groups is 2. The molecular formula is C12H19NO4S. The number of nitrogens with zero attached hydrogens (tertiary/aromatic N) is 1. The second-order valence-corrected chi connectivity index (χ2v) is 6.31. The molecule has 0 spiro atoms. The molecule has 2 unspecified atom stereocenters. The van der Waals surface area contributed by atoms with Crippen LogP contribution in [0.25, 0.3) is 0 Å². The Kier molecular flexibility index (Phi) is 4.88. The Morgan fingerprint density at radius 1 is 1.39 bits per heavy atom. The maximum absolute atomic E-state index is 11.9. The van der Waals surface area contributed by atoms with Crippen molar-refractivity contribution in [1.29, 1.82) is 0 Å². The van der Waals surface area contributed by atoms with Crippen molar-refractivity contribution < 1.29 is 18.5 Å². The van der Waals surface area contributed by atoms with E-state index in [1.165, 1.54) is 0 Å². The van der Waals surface area contributed by atoms with Crippen molar-refractivity contribution in [1.82, 2.24) is 4.90 Å². The minimum atomic E-state index is -1.15. The molecule has 0 saturated carbocycles. The molecule has 2 heterocycles. The molecule has 6 heteroatoms. The lowest BCUT2D eigenvalue weighted by Crippen LogP contribution is -2.41. The number of piperidine rings is 1. The third-order valence-electron chi connectivity index (χ3n) is 3.35. The van der Waals surface area contributed by atoms with Gasteiger partial charge in [-0.1, -0.05) is 0 Å². The highest BCUT2D eigenvalue weighted by molar-refractivity contribution is 7.85. The van der Waals surface area contributed by atoms with E-state index in [1.807, 2.05) is 0 Å². The van der Waals surface area contributed by atoms with E-state index in [4.69, 9.17) is 4.74 Å². The number of rotatable bonds is 4. The lowest BCUT2D eigenvalue weighted by Gasteiger charge is -2.26. The van der Waals surface area contributed by atoms with Crippen LogP contribution in [0.3, 0.4) is 0 Å². The van der Waals surface area contributed by atoms with Crippen molar-refractivity contribution in [3.63, 3.8) is 0 Å². The molecule has 0 radical (unpaired) electrons. The van der Waals surface area contributed by atoms with Crippen LogP contribution in [0.2, 0.25) is 0 Å². The summed E-state index contributed by atoms with van der Waals surface area (Å²) in [4.78, 5) is 24.6. The molecule has 2 fully saturated rings. The topological polar surface area (TPSA) is 63.7 Å². The van der Waals surface area contributed by atoms with Gasteiger partial charge in [-0.25, -0.2) is 0 Å². The predicted octanol–water partition coefficient (Wildman–Crippen LogP) is 0.106. The molecule has 0 aromatic carbocycles. The Balaban J connectivity index is 1.72. The number of hydrogen-bond donors (Lipinski definition) is 0. The number of amides is 1. The second kappa shape index (κ2) is 6.43. The van der Waals surface area contributed by atoms with Crippen molar-refractivity contribution in [2.45, 2.75) is 31.8 Å². The van der Waals surface area contributed by atoms with Crippen LogP contribution in [0.4, 0.5) is 0 Å². The Labute approximate surface area is 109 Å². The van der Waals surface area contributed by atoms with Gasteiger partial charge >= 0.3 is 0 Å². The number of Topliss-reactive ketones (excluding diaryl/α,β-unsaturated/α-hetero) is 1. The van der Waals surface area contributed by atoms with Gasteiger partial charge in [0.1, 0.15) is 11.5 Å². The smallest absolute Gasteiger partial charge is 0.235 e. The van der Waals surface area contributed by atoms with Crippen molar-refractivity contribution in [2.75, 3.05) is 31.2 Å². The minimum absolute atomic E-state index is 0.0570. The number of likely N-dealkylation sites (tertiary alicyclic amines) is 1. The first-order valence-electron chi connectivity index (χ1n) is 6.41. The van der Waals surface area contributed by atoms with Gasteiger partial charge in [0.05, 0.1) is 11.9 Å². The van der Waals surface area contributed by atoms with Crippen LogP contribution >= 0.6 is 0 Å². The lowest BCUT2D eigenvalue weighted by molar-refractivity contribution is -0.132. The third kappa shape index (κ3) is 3.88. The van der Waals surface area contributed by atoms with Crippen LogP contribution in [0.5, 0.6) is 0 Å². The lowest BCUT2D eigenvalue weighted by atomic mass is 10.1. The standard InChI is InChI=1S/C12H19NO4S/c14-10-3-5-13(6-4-10)12(15)9-18(16)8-11-2-1-7-17-11/h11H,1-9H2. The van der Waals surface area contributed by atoms with Crippen molar-refractivity contribution in [3.05, 3.63) is 0 Å². The van der Waals surface area contributed by atoms with Gasteiger partial charge in [0.25, 0.3) is 0 Å². The van der Waals surface area contributed by atoms with Crippen LogP contribution in [0.15, 0.2) is 0 Å². The molecule has 5 nitrogen and oxygen atoms in total. The Bertz CT molecular complexity index is 342. The van der Waals surface area contributed by atoms with Gasteiger partial charge in [0.2, 0.25) is 5.91 Å². The van der Waals surface area contributed by atoms with Crippen molar-refractivity contribution in [2.24, 2.45) is 0 Å². The van der Waals surface area contributed by atoms with Crippen LogP contribution in [-0.2, 0) is 25.1 Å². The zero-order valence-corrected chi connectivity index (χ0v) is 11.2. The summed E-state index contributed by atoms with van der Waals surface area (Å²) in [5.74, 6) is 0.630. The molecule has 0 aliphatic carbocycles. The number of ketones is 1. The molecule has 2 aliphatic heterocycles. The summed E-state index contributed by atoms with van der Waals surface area (Å²) in [6.07, 6.45) is 2.89. The van der Waals surface area contributed by atoms with Gasteiger partial charge in [0.15, 0.2) is 0 Å². The monoisotopic (exact) mass is 273 g/mol. The first-order chi connectivity index (χ1) is 8.65. The Morgan fingerprint density at radius 2 is 2.11 bits per heavy atom. The SMILES string of the molecule is O=C1CCN(C(=O)CS(=O)CC2CCCO2)CC1. The van der Waals surface area contributed by atoms with E-state index in [-0.39, 0.29) is 23.5 Å². The molecule has 0 aromatic heterocycles. The fourth-order valence-electron chi connectivity index (χ4n) is 2.28. The van der Waals surface area contributed by atoms with Gasteiger partial charge in [-0.3, -0.25) is 13.8 Å². The van der Waals surface area contributed by atoms with Gasteiger partial charge in [0, 0.05) is 43.3 Å². The summed E-state index contributed by atoms with van der Waals surface area (Å²) in [5, 5.41) is 0. The minimum Gasteiger partial charge on any atom is -0.377 e. The quantitative estimate of drug-likeness (QED) is 0.729. The number of ether oxygens (including phenoxy) is 1. The maximum atomic E-state index is 11.9. The number of carbonyl (C=O) groups excluding carboxylic acids is 2. The molecule has 0 aromatic rings. The molecule has 1 amide bonds. The van der Waals surface area contributed by atoms with Gasteiger partial charge < -0.3 is 9.64 Å². The van der Waals surface area contributed by atoms with E-state index >= 15 is 0 Å². The van der Waals surface area contributed by atoms with E-state index in [0.717, 1.165) is 19.4 Å². The van der Waals surface area contributed by atoms with Crippen molar-refractivity contribution >= 4 is 22.5 Å². The fourth-order valence-corrected chi connectivity index (χ4v) is 3.53. The average Bonchev–Trinajstić information content (AvgIpc) is 2.82. The third-order valence-corrected chi connectivity index (χ3v) is 4.67. The Morgan fingerprint density at radius 3 is 2.72 bits per heavy atom.